The van der Waals surface area contributed by atoms with Gasteiger partial charge < -0.3 is 4.57 Å². The van der Waals surface area contributed by atoms with Crippen molar-refractivity contribution in [2.45, 2.75) is 6.92 Å². The lowest BCUT2D eigenvalue weighted by Gasteiger charge is -2.22. The average Bonchev–Trinajstić information content (AvgIpc) is 2.79. The summed E-state index contributed by atoms with van der Waals surface area (Å²) >= 11 is 6.00. The van der Waals surface area contributed by atoms with Crippen LogP contribution in [-0.4, -0.2) is 4.98 Å². The van der Waals surface area contributed by atoms with Crippen molar-refractivity contribution in [3.05, 3.63) is 119 Å². The predicted molar refractivity (Wildman–Crippen MR) is 129 cm³/mol. The van der Waals surface area contributed by atoms with E-state index in [4.69, 9.17) is 11.6 Å². The molecule has 148 valence electrons. The smallest absolute Gasteiger partial charge is 0.189 e. The lowest BCUT2D eigenvalue weighted by atomic mass is 10.1. The number of benzene rings is 3. The molecule has 0 saturated heterocycles. The van der Waals surface area contributed by atoms with E-state index < -0.39 is 7.14 Å². The Kier molecular flexibility index (Phi) is 5.99. The molecule has 0 aliphatic carbocycles. The number of halogens is 1. The Bertz CT molecular complexity index is 1230. The molecule has 30 heavy (non-hydrogen) atoms. The van der Waals surface area contributed by atoms with Crippen molar-refractivity contribution in [1.29, 1.82) is 0 Å². The normalized spacial score (nSPS) is 13.3. The van der Waals surface area contributed by atoms with E-state index in [9.17, 15) is 4.57 Å². The van der Waals surface area contributed by atoms with Crippen LogP contribution in [0.2, 0.25) is 5.02 Å². The Hall–Kier alpha value is -2.93. The third kappa shape index (κ3) is 4.03. The molecule has 1 heterocycles. The van der Waals surface area contributed by atoms with Gasteiger partial charge in [-0.3, -0.25) is 4.98 Å². The van der Waals surface area contributed by atoms with Crippen molar-refractivity contribution in [2.75, 3.05) is 0 Å². The first kappa shape index (κ1) is 20.3. The van der Waals surface area contributed by atoms with Crippen molar-refractivity contribution in [3.63, 3.8) is 0 Å². The fourth-order valence-electron chi connectivity index (χ4n) is 3.50. The molecule has 4 aromatic rings. The molecule has 0 aliphatic rings. The molecule has 4 heteroatoms. The van der Waals surface area contributed by atoms with Gasteiger partial charge >= 0.3 is 0 Å². The van der Waals surface area contributed by atoms with Crippen LogP contribution in [0.1, 0.15) is 16.7 Å². The van der Waals surface area contributed by atoms with Crippen molar-refractivity contribution in [3.8, 4) is 0 Å². The standard InChI is InChI=1S/C26H21ClNOP/c1-20-8-7-19-28-26(20)30(29,24-10-3-2-4-11-24)25-12-6-5-9-22(25)16-13-21-14-17-23(27)18-15-21/h2-19H,1H3/b16-13+. The summed E-state index contributed by atoms with van der Waals surface area (Å²) < 4.78 is 14.8. The van der Waals surface area contributed by atoms with E-state index >= 15 is 0 Å². The largest absolute Gasteiger partial charge is 0.307 e. The molecule has 1 atom stereocenters. The highest BCUT2D eigenvalue weighted by atomic mass is 35.5. The molecule has 1 aromatic heterocycles. The molecule has 2 nitrogen and oxygen atoms in total. The van der Waals surface area contributed by atoms with Crippen LogP contribution >= 0.6 is 18.7 Å². The molecule has 0 amide bonds. The van der Waals surface area contributed by atoms with E-state index in [2.05, 4.69) is 4.98 Å². The fourth-order valence-corrected chi connectivity index (χ4v) is 6.57. The molecule has 4 rings (SSSR count). The summed E-state index contributed by atoms with van der Waals surface area (Å²) in [6, 6.07) is 29.0. The van der Waals surface area contributed by atoms with Gasteiger partial charge in [0.15, 0.2) is 7.14 Å². The summed E-state index contributed by atoms with van der Waals surface area (Å²) in [5, 5.41) is 2.26. The van der Waals surface area contributed by atoms with Gasteiger partial charge in [0.2, 0.25) is 0 Å². The SMILES string of the molecule is Cc1cccnc1P(=O)(c1ccccc1)c1ccccc1/C=C/c1ccc(Cl)cc1. The van der Waals surface area contributed by atoms with Crippen LogP contribution < -0.4 is 16.0 Å². The number of hydrogen-bond donors (Lipinski definition) is 0. The fraction of sp³-hybridized carbons (Fsp3) is 0.0385. The van der Waals surface area contributed by atoms with Crippen molar-refractivity contribution >= 4 is 46.9 Å². The zero-order chi connectivity index (χ0) is 21.0. The Morgan fingerprint density at radius 3 is 2.23 bits per heavy atom. The molecule has 0 bridgehead atoms. The maximum absolute atomic E-state index is 14.8. The maximum Gasteiger partial charge on any atom is 0.189 e. The van der Waals surface area contributed by atoms with Gasteiger partial charge in [0.05, 0.1) is 0 Å². The van der Waals surface area contributed by atoms with Crippen LogP contribution in [0.15, 0.2) is 97.2 Å². The molecule has 0 N–H and O–H groups in total. The minimum absolute atomic E-state index is 0.628. The number of pyridine rings is 1. The first-order valence-corrected chi connectivity index (χ1v) is 11.8. The second kappa shape index (κ2) is 8.83. The quantitative estimate of drug-likeness (QED) is 0.294. The van der Waals surface area contributed by atoms with Gasteiger partial charge in [-0.05, 0) is 41.8 Å². The van der Waals surface area contributed by atoms with Crippen LogP contribution in [0.4, 0.5) is 0 Å². The lowest BCUT2D eigenvalue weighted by molar-refractivity contribution is 0.592. The van der Waals surface area contributed by atoms with E-state index in [0.717, 1.165) is 27.3 Å². The van der Waals surface area contributed by atoms with Crippen molar-refractivity contribution in [2.24, 2.45) is 0 Å². The van der Waals surface area contributed by atoms with Gasteiger partial charge in [-0.2, -0.15) is 0 Å². The van der Waals surface area contributed by atoms with Gasteiger partial charge in [-0.15, -0.1) is 0 Å². The second-order valence-corrected chi connectivity index (χ2v) is 10.1. The van der Waals surface area contributed by atoms with Crippen LogP contribution in [0.25, 0.3) is 12.2 Å². The molecular weight excluding hydrogens is 409 g/mol. The zero-order valence-electron chi connectivity index (χ0n) is 16.6. The first-order valence-electron chi connectivity index (χ1n) is 9.70. The summed E-state index contributed by atoms with van der Waals surface area (Å²) in [6.45, 7) is 1.96. The Balaban J connectivity index is 1.90. The molecule has 0 fully saturated rings. The molecule has 1 unspecified atom stereocenters. The summed E-state index contributed by atoms with van der Waals surface area (Å²) in [4.78, 5) is 4.57. The van der Waals surface area contributed by atoms with Gasteiger partial charge in [-0.1, -0.05) is 96.5 Å². The highest BCUT2D eigenvalue weighted by Gasteiger charge is 2.33. The summed E-state index contributed by atoms with van der Waals surface area (Å²) in [6.07, 6.45) is 5.73. The summed E-state index contributed by atoms with van der Waals surface area (Å²) in [7, 11) is -3.16. The third-order valence-electron chi connectivity index (χ3n) is 5.00. The van der Waals surface area contributed by atoms with E-state index in [0.29, 0.717) is 10.5 Å². The van der Waals surface area contributed by atoms with Crippen LogP contribution in [0.5, 0.6) is 0 Å². The number of aryl methyl sites for hydroxylation is 1. The molecule has 3 aromatic carbocycles. The topological polar surface area (TPSA) is 30.0 Å². The van der Waals surface area contributed by atoms with E-state index in [-0.39, 0.29) is 0 Å². The zero-order valence-corrected chi connectivity index (χ0v) is 18.2. The number of hydrogen-bond acceptors (Lipinski definition) is 2. The average molecular weight is 430 g/mol. The van der Waals surface area contributed by atoms with E-state index in [1.807, 2.05) is 110 Å². The number of nitrogens with zero attached hydrogens (tertiary/aromatic N) is 1. The van der Waals surface area contributed by atoms with Crippen LogP contribution in [-0.2, 0) is 4.57 Å². The highest BCUT2D eigenvalue weighted by Crippen LogP contribution is 2.43. The lowest BCUT2D eigenvalue weighted by Crippen LogP contribution is -2.29. The van der Waals surface area contributed by atoms with Gasteiger partial charge in [-0.25, -0.2) is 0 Å². The predicted octanol–water partition coefficient (Wildman–Crippen LogP) is 5.85. The summed E-state index contributed by atoms with van der Waals surface area (Å²) in [5.41, 5.74) is 3.48. The molecular formula is C26H21ClNOP. The van der Waals surface area contributed by atoms with Gasteiger partial charge in [0, 0.05) is 21.8 Å². The first-order chi connectivity index (χ1) is 14.6. The number of aromatic nitrogens is 1. The molecule has 0 radical (unpaired) electrons. The third-order valence-corrected chi connectivity index (χ3v) is 8.43. The summed E-state index contributed by atoms with van der Waals surface area (Å²) in [5.74, 6) is 0. The molecule has 0 saturated carbocycles. The van der Waals surface area contributed by atoms with E-state index in [1.54, 1.807) is 6.20 Å². The van der Waals surface area contributed by atoms with Crippen molar-refractivity contribution in [1.82, 2.24) is 4.98 Å². The van der Waals surface area contributed by atoms with Gasteiger partial charge in [0.25, 0.3) is 0 Å². The second-order valence-electron chi connectivity index (χ2n) is 7.03. The Morgan fingerprint density at radius 1 is 0.800 bits per heavy atom. The van der Waals surface area contributed by atoms with Crippen molar-refractivity contribution < 1.29 is 4.57 Å². The highest BCUT2D eigenvalue weighted by molar-refractivity contribution is 7.85. The minimum Gasteiger partial charge on any atom is -0.307 e. The Morgan fingerprint density at radius 2 is 1.50 bits per heavy atom. The molecule has 0 aliphatic heterocycles. The van der Waals surface area contributed by atoms with Crippen LogP contribution in [0, 0.1) is 6.92 Å². The molecule has 0 spiro atoms. The number of rotatable bonds is 5. The maximum atomic E-state index is 14.8. The van der Waals surface area contributed by atoms with Gasteiger partial charge in [0.1, 0.15) is 5.44 Å². The minimum atomic E-state index is -3.16. The van der Waals surface area contributed by atoms with E-state index in [1.165, 1.54) is 0 Å². The monoisotopic (exact) mass is 429 g/mol. The Labute approximate surface area is 182 Å². The van der Waals surface area contributed by atoms with Crippen LogP contribution in [0.3, 0.4) is 0 Å².